The average molecular weight is 274 g/mol. The third kappa shape index (κ3) is 2.72. The number of carboxylic acid groups (broad SMARTS) is 2. The first kappa shape index (κ1) is 13.1. The van der Waals surface area contributed by atoms with Crippen molar-refractivity contribution in [1.82, 2.24) is 0 Å². The van der Waals surface area contributed by atoms with Crippen LogP contribution in [0.25, 0.3) is 0 Å². The lowest BCUT2D eigenvalue weighted by Crippen LogP contribution is -2.26. The molecule has 0 aromatic heterocycles. The fraction of sp³-hybridized carbons (Fsp3) is 0.273. The van der Waals surface area contributed by atoms with Gasteiger partial charge in [0.2, 0.25) is 0 Å². The lowest BCUT2D eigenvalue weighted by molar-refractivity contribution is -0.286. The van der Waals surface area contributed by atoms with Crippen LogP contribution in [0.2, 0.25) is 0 Å². The zero-order valence-corrected chi connectivity index (χ0v) is 9.30. The first-order chi connectivity index (χ1) is 8.78. The maximum absolute atomic E-state index is 12.8. The Bertz CT molecular complexity index is 528. The van der Waals surface area contributed by atoms with Gasteiger partial charge < -0.3 is 19.7 Å². The number of halogens is 2. The Balaban J connectivity index is 2.20. The van der Waals surface area contributed by atoms with E-state index < -0.39 is 24.2 Å². The first-order valence-electron chi connectivity index (χ1n) is 5.13. The van der Waals surface area contributed by atoms with Gasteiger partial charge >= 0.3 is 18.2 Å². The fourth-order valence-electron chi connectivity index (χ4n) is 1.64. The van der Waals surface area contributed by atoms with Crippen LogP contribution in [0.4, 0.5) is 8.78 Å². The lowest BCUT2D eigenvalue weighted by atomic mass is 9.99. The van der Waals surface area contributed by atoms with Crippen molar-refractivity contribution < 1.29 is 38.1 Å². The molecule has 0 fully saturated rings. The summed E-state index contributed by atoms with van der Waals surface area (Å²) in [4.78, 5) is 21.5. The molecule has 0 aliphatic carbocycles. The van der Waals surface area contributed by atoms with E-state index in [1.165, 1.54) is 12.1 Å². The van der Waals surface area contributed by atoms with Crippen LogP contribution in [-0.4, -0.2) is 28.4 Å². The number of benzene rings is 1. The standard InChI is InChI=1S/C11H8F2O6/c12-11(13)18-7-2-1-5(4-8(7)19-11)3-6(9(14)15)10(16)17/h1-2,4,6H,3H2,(H,14,15)(H,16,17). The van der Waals surface area contributed by atoms with Gasteiger partial charge in [-0.25, -0.2) is 0 Å². The fourth-order valence-corrected chi connectivity index (χ4v) is 1.64. The molecule has 2 rings (SSSR count). The minimum atomic E-state index is -3.76. The predicted molar refractivity (Wildman–Crippen MR) is 55.1 cm³/mol. The van der Waals surface area contributed by atoms with E-state index in [0.29, 0.717) is 0 Å². The smallest absolute Gasteiger partial charge is 0.481 e. The molecule has 0 unspecified atom stereocenters. The molecule has 19 heavy (non-hydrogen) atoms. The number of aliphatic carboxylic acids is 2. The van der Waals surface area contributed by atoms with Gasteiger partial charge in [-0.1, -0.05) is 6.07 Å². The van der Waals surface area contributed by atoms with Crippen molar-refractivity contribution in [3.8, 4) is 11.5 Å². The van der Waals surface area contributed by atoms with E-state index in [2.05, 4.69) is 9.47 Å². The van der Waals surface area contributed by atoms with Crippen LogP contribution >= 0.6 is 0 Å². The quantitative estimate of drug-likeness (QED) is 0.805. The molecule has 1 heterocycles. The Labute approximate surface area is 105 Å². The molecule has 0 spiro atoms. The van der Waals surface area contributed by atoms with Gasteiger partial charge in [0.15, 0.2) is 17.4 Å². The van der Waals surface area contributed by atoms with Crippen LogP contribution in [0, 0.1) is 5.92 Å². The van der Waals surface area contributed by atoms with E-state index in [9.17, 15) is 18.4 Å². The van der Waals surface area contributed by atoms with E-state index in [1.54, 1.807) is 0 Å². The molecule has 0 amide bonds. The van der Waals surface area contributed by atoms with E-state index in [1.807, 2.05) is 0 Å². The third-order valence-electron chi connectivity index (χ3n) is 2.50. The highest BCUT2D eigenvalue weighted by Gasteiger charge is 2.43. The molecule has 2 N–H and O–H groups in total. The third-order valence-corrected chi connectivity index (χ3v) is 2.50. The molecule has 102 valence electrons. The zero-order valence-electron chi connectivity index (χ0n) is 9.30. The van der Waals surface area contributed by atoms with Gasteiger partial charge in [-0.3, -0.25) is 9.59 Å². The van der Waals surface area contributed by atoms with Crippen LogP contribution in [0.1, 0.15) is 5.56 Å². The maximum Gasteiger partial charge on any atom is 0.586 e. The molecule has 0 atom stereocenters. The van der Waals surface area contributed by atoms with E-state index in [4.69, 9.17) is 10.2 Å². The summed E-state index contributed by atoms with van der Waals surface area (Å²) in [5.41, 5.74) is 0.245. The molecular weight excluding hydrogens is 266 g/mol. The van der Waals surface area contributed by atoms with Gasteiger partial charge in [0.1, 0.15) is 0 Å². The van der Waals surface area contributed by atoms with Crippen LogP contribution in [0.3, 0.4) is 0 Å². The van der Waals surface area contributed by atoms with Crippen molar-refractivity contribution >= 4 is 11.9 Å². The molecule has 1 aliphatic heterocycles. The maximum atomic E-state index is 12.8. The normalized spacial score (nSPS) is 15.5. The summed E-state index contributed by atoms with van der Waals surface area (Å²) in [5, 5.41) is 17.4. The molecule has 1 aromatic carbocycles. The molecule has 8 heteroatoms. The number of fused-ring (bicyclic) bond motifs is 1. The molecule has 0 radical (unpaired) electrons. The number of carboxylic acids is 2. The van der Waals surface area contributed by atoms with Gasteiger partial charge in [0, 0.05) is 0 Å². The minimum absolute atomic E-state index is 0.184. The molecule has 0 saturated heterocycles. The Hall–Kier alpha value is -2.38. The Morgan fingerprint density at radius 2 is 1.74 bits per heavy atom. The summed E-state index contributed by atoms with van der Waals surface area (Å²) < 4.78 is 33.9. The summed E-state index contributed by atoms with van der Waals surface area (Å²) in [6, 6.07) is 3.62. The number of hydrogen-bond acceptors (Lipinski definition) is 4. The van der Waals surface area contributed by atoms with Crippen molar-refractivity contribution in [3.63, 3.8) is 0 Å². The number of hydrogen-bond donors (Lipinski definition) is 2. The molecule has 6 nitrogen and oxygen atoms in total. The van der Waals surface area contributed by atoms with Gasteiger partial charge in [0.25, 0.3) is 0 Å². The van der Waals surface area contributed by atoms with Crippen molar-refractivity contribution in [3.05, 3.63) is 23.8 Å². The first-order valence-corrected chi connectivity index (χ1v) is 5.13. The van der Waals surface area contributed by atoms with Crippen LogP contribution in [-0.2, 0) is 16.0 Å². The number of ether oxygens (including phenoxy) is 2. The second kappa shape index (κ2) is 4.38. The van der Waals surface area contributed by atoms with Crippen molar-refractivity contribution in [2.75, 3.05) is 0 Å². The predicted octanol–water partition coefficient (Wildman–Crippen LogP) is 1.34. The molecule has 0 saturated carbocycles. The van der Waals surface area contributed by atoms with Gasteiger partial charge in [0.05, 0.1) is 0 Å². The second-order valence-electron chi connectivity index (χ2n) is 3.88. The largest absolute Gasteiger partial charge is 0.586 e. The molecule has 1 aromatic rings. The summed E-state index contributed by atoms with van der Waals surface area (Å²) in [5.74, 6) is -5.10. The molecular formula is C11H8F2O6. The average Bonchev–Trinajstić information content (AvgIpc) is 2.57. The van der Waals surface area contributed by atoms with Crippen molar-refractivity contribution in [1.29, 1.82) is 0 Å². The van der Waals surface area contributed by atoms with Crippen LogP contribution in [0.5, 0.6) is 11.5 Å². The van der Waals surface area contributed by atoms with Crippen LogP contribution < -0.4 is 9.47 Å². The zero-order chi connectivity index (χ0) is 14.2. The van der Waals surface area contributed by atoms with E-state index in [-0.39, 0.29) is 23.5 Å². The number of alkyl halides is 2. The Morgan fingerprint density at radius 1 is 1.16 bits per heavy atom. The summed E-state index contributed by atoms with van der Waals surface area (Å²) in [7, 11) is 0. The lowest BCUT2D eigenvalue weighted by Gasteiger charge is -2.07. The highest BCUT2D eigenvalue weighted by Crippen LogP contribution is 2.41. The highest BCUT2D eigenvalue weighted by atomic mass is 19.3. The van der Waals surface area contributed by atoms with Gasteiger partial charge in [-0.05, 0) is 24.1 Å². The number of rotatable bonds is 4. The van der Waals surface area contributed by atoms with E-state index in [0.717, 1.165) is 6.07 Å². The Morgan fingerprint density at radius 3 is 2.32 bits per heavy atom. The molecule has 1 aliphatic rings. The van der Waals surface area contributed by atoms with Gasteiger partial charge in [-0.2, -0.15) is 0 Å². The minimum Gasteiger partial charge on any atom is -0.481 e. The Kier molecular flexibility index (Phi) is 3.01. The van der Waals surface area contributed by atoms with Crippen LogP contribution in [0.15, 0.2) is 18.2 Å². The monoisotopic (exact) mass is 274 g/mol. The summed E-state index contributed by atoms with van der Waals surface area (Å²) >= 11 is 0. The molecule has 0 bridgehead atoms. The highest BCUT2D eigenvalue weighted by molar-refractivity contribution is 5.93. The second-order valence-corrected chi connectivity index (χ2v) is 3.88. The summed E-state index contributed by atoms with van der Waals surface area (Å²) in [6.07, 6.45) is -4.10. The summed E-state index contributed by atoms with van der Waals surface area (Å²) in [6.45, 7) is 0. The SMILES string of the molecule is O=C(O)C(Cc1ccc2c(c1)OC(F)(F)O2)C(=O)O. The number of carbonyl (C=O) groups is 2. The van der Waals surface area contributed by atoms with Gasteiger partial charge in [-0.15, -0.1) is 8.78 Å². The van der Waals surface area contributed by atoms with Crippen molar-refractivity contribution in [2.45, 2.75) is 12.7 Å². The van der Waals surface area contributed by atoms with Crippen molar-refractivity contribution in [2.24, 2.45) is 5.92 Å². The topological polar surface area (TPSA) is 93.1 Å². The van der Waals surface area contributed by atoms with E-state index >= 15 is 0 Å².